The van der Waals surface area contributed by atoms with Crippen LogP contribution in [0.4, 0.5) is 0 Å². The van der Waals surface area contributed by atoms with Crippen LogP contribution in [-0.2, 0) is 25.7 Å². The Morgan fingerprint density at radius 1 is 1.32 bits per heavy atom. The summed E-state index contributed by atoms with van der Waals surface area (Å²) in [6.45, 7) is 2.38. The average molecular weight is 261 g/mol. The van der Waals surface area contributed by atoms with E-state index in [4.69, 9.17) is 9.47 Å². The fourth-order valence-corrected chi connectivity index (χ4v) is 1.73. The lowest BCUT2D eigenvalue weighted by Crippen LogP contribution is -2.19. The second kappa shape index (κ2) is 6.04. The predicted molar refractivity (Wildman–Crippen MR) is 67.9 cm³/mol. The lowest BCUT2D eigenvalue weighted by molar-refractivity contribution is -0.138. The molecule has 100 valence electrons. The minimum Gasteiger partial charge on any atom is -0.483 e. The largest absolute Gasteiger partial charge is 0.483 e. The molecule has 1 aromatic rings. The van der Waals surface area contributed by atoms with Gasteiger partial charge in [0.1, 0.15) is 12.2 Å². The molecule has 0 aromatic heterocycles. The van der Waals surface area contributed by atoms with Crippen LogP contribution in [0.1, 0.15) is 12.5 Å². The molecular weight excluding hydrogens is 246 g/mol. The summed E-state index contributed by atoms with van der Waals surface area (Å²) in [6.07, 6.45) is 0. The predicted octanol–water partition coefficient (Wildman–Crippen LogP) is 1.15. The first-order valence-electron chi connectivity index (χ1n) is 6.07. The minimum absolute atomic E-state index is 0.0577. The Labute approximate surface area is 111 Å². The molecule has 0 bridgehead atoms. The third-order valence-corrected chi connectivity index (χ3v) is 2.65. The highest BCUT2D eigenvalue weighted by atomic mass is 16.5. The summed E-state index contributed by atoms with van der Waals surface area (Å²) < 4.78 is 10.3. The van der Waals surface area contributed by atoms with Crippen molar-refractivity contribution in [2.75, 3.05) is 13.2 Å². The molecule has 1 N–H and O–H groups in total. The Kier molecular flexibility index (Phi) is 4.18. The van der Waals surface area contributed by atoms with Gasteiger partial charge in [0.2, 0.25) is 0 Å². The molecule has 1 aliphatic rings. The van der Waals surface area contributed by atoms with Gasteiger partial charge in [-0.2, -0.15) is 0 Å². The molecule has 1 amide bonds. The van der Waals surface area contributed by atoms with Crippen molar-refractivity contribution in [3.63, 3.8) is 0 Å². The van der Waals surface area contributed by atoms with Gasteiger partial charge in [0.15, 0.2) is 5.76 Å². The molecule has 0 radical (unpaired) electrons. The normalized spacial score (nSPS) is 14.3. The van der Waals surface area contributed by atoms with Crippen molar-refractivity contribution in [1.82, 2.24) is 5.32 Å². The number of nitrogens with one attached hydrogen (secondary N) is 1. The average Bonchev–Trinajstić information content (AvgIpc) is 2.79. The highest BCUT2D eigenvalue weighted by Crippen LogP contribution is 2.16. The van der Waals surface area contributed by atoms with Crippen LogP contribution in [0.5, 0.6) is 0 Å². The van der Waals surface area contributed by atoms with Gasteiger partial charge in [-0.1, -0.05) is 30.3 Å². The van der Waals surface area contributed by atoms with Gasteiger partial charge >= 0.3 is 5.97 Å². The number of esters is 1. The quantitative estimate of drug-likeness (QED) is 0.807. The molecule has 2 rings (SSSR count). The van der Waals surface area contributed by atoms with E-state index in [1.807, 2.05) is 30.3 Å². The van der Waals surface area contributed by atoms with Crippen molar-refractivity contribution in [2.24, 2.45) is 0 Å². The number of rotatable bonds is 5. The number of amides is 1. The van der Waals surface area contributed by atoms with E-state index < -0.39 is 5.97 Å². The Morgan fingerprint density at radius 3 is 2.74 bits per heavy atom. The number of carbonyl (C=O) groups excluding carboxylic acids is 2. The van der Waals surface area contributed by atoms with Crippen LogP contribution in [0.2, 0.25) is 0 Å². The van der Waals surface area contributed by atoms with Crippen molar-refractivity contribution >= 4 is 11.9 Å². The van der Waals surface area contributed by atoms with Gasteiger partial charge in [-0.3, -0.25) is 4.79 Å². The first-order chi connectivity index (χ1) is 9.22. The second-order valence-corrected chi connectivity index (χ2v) is 3.99. The molecule has 0 fully saturated rings. The van der Waals surface area contributed by atoms with E-state index >= 15 is 0 Å². The Bertz CT molecular complexity index is 507. The smallest absolute Gasteiger partial charge is 0.339 e. The molecule has 1 aliphatic heterocycles. The summed E-state index contributed by atoms with van der Waals surface area (Å²) in [6, 6.07) is 9.44. The summed E-state index contributed by atoms with van der Waals surface area (Å²) >= 11 is 0. The van der Waals surface area contributed by atoms with Gasteiger partial charge in [0, 0.05) is 0 Å². The lowest BCUT2D eigenvalue weighted by atomic mass is 10.2. The monoisotopic (exact) mass is 261 g/mol. The third kappa shape index (κ3) is 3.13. The third-order valence-electron chi connectivity index (χ3n) is 2.65. The molecular formula is C14H15NO4. The number of hydrogen-bond acceptors (Lipinski definition) is 4. The summed E-state index contributed by atoms with van der Waals surface area (Å²) in [5, 5.41) is 2.56. The van der Waals surface area contributed by atoms with E-state index in [9.17, 15) is 9.59 Å². The van der Waals surface area contributed by atoms with Crippen molar-refractivity contribution in [2.45, 2.75) is 13.5 Å². The van der Waals surface area contributed by atoms with Crippen molar-refractivity contribution in [3.05, 3.63) is 47.2 Å². The highest BCUT2D eigenvalue weighted by molar-refractivity contribution is 6.05. The molecule has 0 atom stereocenters. The molecule has 5 heteroatoms. The SMILES string of the molecule is CCOC(=O)C1=C(OCc2ccccc2)C(=O)NC1. The van der Waals surface area contributed by atoms with Crippen LogP contribution >= 0.6 is 0 Å². The van der Waals surface area contributed by atoms with Gasteiger partial charge < -0.3 is 14.8 Å². The van der Waals surface area contributed by atoms with E-state index in [1.54, 1.807) is 6.92 Å². The molecule has 5 nitrogen and oxygen atoms in total. The molecule has 1 heterocycles. The Hall–Kier alpha value is -2.30. The number of carbonyl (C=O) groups is 2. The lowest BCUT2D eigenvalue weighted by Gasteiger charge is -2.07. The molecule has 0 spiro atoms. The zero-order valence-electron chi connectivity index (χ0n) is 10.6. The number of ether oxygens (including phenoxy) is 2. The van der Waals surface area contributed by atoms with Crippen LogP contribution in [0.25, 0.3) is 0 Å². The van der Waals surface area contributed by atoms with Gasteiger partial charge in [-0.15, -0.1) is 0 Å². The molecule has 0 saturated heterocycles. The fourth-order valence-electron chi connectivity index (χ4n) is 1.73. The maximum Gasteiger partial charge on any atom is 0.339 e. The highest BCUT2D eigenvalue weighted by Gasteiger charge is 2.30. The zero-order valence-corrected chi connectivity index (χ0v) is 10.6. The minimum atomic E-state index is -0.510. The number of benzene rings is 1. The van der Waals surface area contributed by atoms with Crippen LogP contribution in [-0.4, -0.2) is 25.0 Å². The molecule has 0 unspecified atom stereocenters. The van der Waals surface area contributed by atoms with Crippen LogP contribution < -0.4 is 5.32 Å². The Morgan fingerprint density at radius 2 is 2.05 bits per heavy atom. The summed E-state index contributed by atoms with van der Waals surface area (Å²) in [4.78, 5) is 23.3. The van der Waals surface area contributed by atoms with Crippen molar-refractivity contribution < 1.29 is 19.1 Å². The molecule has 19 heavy (non-hydrogen) atoms. The van der Waals surface area contributed by atoms with Crippen LogP contribution in [0.15, 0.2) is 41.7 Å². The van der Waals surface area contributed by atoms with E-state index in [1.165, 1.54) is 0 Å². The van der Waals surface area contributed by atoms with E-state index in [0.717, 1.165) is 5.56 Å². The van der Waals surface area contributed by atoms with E-state index in [2.05, 4.69) is 5.32 Å². The molecule has 1 aromatic carbocycles. The van der Waals surface area contributed by atoms with Gasteiger partial charge in [0.05, 0.1) is 13.2 Å². The number of hydrogen-bond donors (Lipinski definition) is 1. The van der Waals surface area contributed by atoms with Crippen LogP contribution in [0, 0.1) is 0 Å². The van der Waals surface area contributed by atoms with Gasteiger partial charge in [-0.25, -0.2) is 4.79 Å². The maximum atomic E-state index is 11.7. The van der Waals surface area contributed by atoms with Gasteiger partial charge in [-0.05, 0) is 12.5 Å². The fraction of sp³-hybridized carbons (Fsp3) is 0.286. The zero-order chi connectivity index (χ0) is 13.7. The molecule has 0 saturated carbocycles. The van der Waals surface area contributed by atoms with Crippen LogP contribution in [0.3, 0.4) is 0 Å². The first-order valence-corrected chi connectivity index (χ1v) is 6.07. The van der Waals surface area contributed by atoms with Crippen molar-refractivity contribution in [3.8, 4) is 0 Å². The van der Waals surface area contributed by atoms with Crippen molar-refractivity contribution in [1.29, 1.82) is 0 Å². The second-order valence-electron chi connectivity index (χ2n) is 3.99. The Balaban J connectivity index is 2.08. The molecule has 0 aliphatic carbocycles. The standard InChI is InChI=1S/C14H15NO4/c1-2-18-14(17)11-8-15-13(16)12(11)19-9-10-6-4-3-5-7-10/h3-7H,2,8-9H2,1H3,(H,15,16). The maximum absolute atomic E-state index is 11.7. The van der Waals surface area contributed by atoms with E-state index in [-0.39, 0.29) is 37.0 Å². The summed E-state index contributed by atoms with van der Waals surface area (Å²) in [5.41, 5.74) is 1.18. The van der Waals surface area contributed by atoms with Gasteiger partial charge in [0.25, 0.3) is 5.91 Å². The summed E-state index contributed by atoms with van der Waals surface area (Å²) in [7, 11) is 0. The summed E-state index contributed by atoms with van der Waals surface area (Å²) in [5.74, 6) is -0.829. The topological polar surface area (TPSA) is 64.6 Å². The first kappa shape index (κ1) is 13.1. The van der Waals surface area contributed by atoms with E-state index in [0.29, 0.717) is 0 Å².